The first-order valence-corrected chi connectivity index (χ1v) is 11.0. The molecule has 2 atom stereocenters. The molecule has 1 aliphatic carbocycles. The smallest absolute Gasteiger partial charge is 0.261 e. The summed E-state index contributed by atoms with van der Waals surface area (Å²) in [6.45, 7) is 2.19. The van der Waals surface area contributed by atoms with Crippen LogP contribution in [0.3, 0.4) is 0 Å². The number of hydrogen-bond acceptors (Lipinski definition) is 6. The van der Waals surface area contributed by atoms with E-state index < -0.39 is 0 Å². The van der Waals surface area contributed by atoms with Crippen molar-refractivity contribution in [1.29, 1.82) is 0 Å². The van der Waals surface area contributed by atoms with Gasteiger partial charge in [0.25, 0.3) is 11.8 Å². The van der Waals surface area contributed by atoms with Gasteiger partial charge < -0.3 is 0 Å². The van der Waals surface area contributed by atoms with Crippen LogP contribution in [0.4, 0.5) is 5.95 Å². The largest absolute Gasteiger partial charge is 0.293 e. The van der Waals surface area contributed by atoms with Crippen LogP contribution in [0, 0.1) is 18.8 Å². The standard InChI is InChI=1S/C21H21N5O3S/c1-12-11-30-21-23-20(24-26(12)21)22-17(27)14-7-3-2-6-13(14)10-25-18(28)15-8-4-5-9-16(15)19(25)29/h4-5,8-9,11,13-14H,2-3,6-7,10H2,1H3,(H,22,24,27). The van der Waals surface area contributed by atoms with Gasteiger partial charge in [-0.2, -0.15) is 4.98 Å². The lowest BCUT2D eigenvalue weighted by molar-refractivity contribution is -0.122. The third kappa shape index (κ3) is 3.09. The number of nitrogens with one attached hydrogen (secondary N) is 1. The molecule has 0 radical (unpaired) electrons. The van der Waals surface area contributed by atoms with E-state index in [1.54, 1.807) is 28.8 Å². The zero-order chi connectivity index (χ0) is 20.8. The Morgan fingerprint density at radius 1 is 1.17 bits per heavy atom. The summed E-state index contributed by atoms with van der Waals surface area (Å²) < 4.78 is 1.71. The molecule has 3 heterocycles. The highest BCUT2D eigenvalue weighted by molar-refractivity contribution is 7.15. The highest BCUT2D eigenvalue weighted by Gasteiger charge is 2.40. The third-order valence-corrected chi connectivity index (χ3v) is 6.96. The van der Waals surface area contributed by atoms with Gasteiger partial charge in [0.1, 0.15) is 0 Å². The van der Waals surface area contributed by atoms with E-state index in [2.05, 4.69) is 15.4 Å². The highest BCUT2D eigenvalue weighted by atomic mass is 32.1. The van der Waals surface area contributed by atoms with Crippen molar-refractivity contribution in [1.82, 2.24) is 19.5 Å². The van der Waals surface area contributed by atoms with Crippen LogP contribution in [-0.2, 0) is 4.79 Å². The Bertz CT molecular complexity index is 1130. The summed E-state index contributed by atoms with van der Waals surface area (Å²) in [6, 6.07) is 6.88. The number of nitrogens with zero attached hydrogens (tertiary/aromatic N) is 4. The van der Waals surface area contributed by atoms with Crippen LogP contribution < -0.4 is 5.32 Å². The van der Waals surface area contributed by atoms with Crippen molar-refractivity contribution in [3.63, 3.8) is 0 Å². The monoisotopic (exact) mass is 423 g/mol. The SMILES string of the molecule is Cc1csc2nc(NC(=O)C3CCCCC3CN3C(=O)c4ccccc4C3=O)nn12. The van der Waals surface area contributed by atoms with Crippen molar-refractivity contribution in [3.8, 4) is 0 Å². The maximum atomic E-state index is 13.0. The summed E-state index contributed by atoms with van der Waals surface area (Å²) in [4.78, 5) is 44.9. The van der Waals surface area contributed by atoms with Gasteiger partial charge in [0, 0.05) is 17.8 Å². The van der Waals surface area contributed by atoms with Crippen LogP contribution in [0.15, 0.2) is 29.6 Å². The zero-order valence-corrected chi connectivity index (χ0v) is 17.3. The minimum Gasteiger partial charge on any atom is -0.293 e. The minimum absolute atomic E-state index is 0.0774. The average Bonchev–Trinajstić information content (AvgIpc) is 3.38. The average molecular weight is 423 g/mol. The first-order valence-electron chi connectivity index (χ1n) is 10.1. The molecule has 5 rings (SSSR count). The van der Waals surface area contributed by atoms with Crippen molar-refractivity contribution >= 4 is 40.0 Å². The fourth-order valence-corrected chi connectivity index (χ4v) is 5.26. The van der Waals surface area contributed by atoms with Gasteiger partial charge in [-0.1, -0.05) is 25.0 Å². The number of rotatable bonds is 4. The molecule has 30 heavy (non-hydrogen) atoms. The number of aryl methyl sites for hydroxylation is 1. The fourth-order valence-electron chi connectivity index (χ4n) is 4.46. The quantitative estimate of drug-likeness (QED) is 0.651. The van der Waals surface area contributed by atoms with Gasteiger partial charge in [-0.15, -0.1) is 16.4 Å². The number of carbonyl (C=O) groups excluding carboxylic acids is 3. The normalized spacial score (nSPS) is 21.3. The molecule has 0 spiro atoms. The van der Waals surface area contributed by atoms with Gasteiger partial charge in [0.15, 0.2) is 0 Å². The summed E-state index contributed by atoms with van der Waals surface area (Å²) in [5.41, 5.74) is 1.85. The molecule has 8 nitrogen and oxygen atoms in total. The summed E-state index contributed by atoms with van der Waals surface area (Å²) in [5.74, 6) is -0.761. The van der Waals surface area contributed by atoms with Gasteiger partial charge >= 0.3 is 0 Å². The molecule has 0 saturated heterocycles. The molecule has 2 aromatic heterocycles. The molecule has 1 saturated carbocycles. The number of anilines is 1. The molecule has 3 aromatic rings. The topological polar surface area (TPSA) is 96.7 Å². The van der Waals surface area contributed by atoms with E-state index in [4.69, 9.17) is 0 Å². The Morgan fingerprint density at radius 2 is 1.87 bits per heavy atom. The molecule has 1 aliphatic heterocycles. The van der Waals surface area contributed by atoms with Crippen LogP contribution in [-0.4, -0.2) is 43.8 Å². The predicted molar refractivity (Wildman–Crippen MR) is 111 cm³/mol. The molecule has 1 aromatic carbocycles. The lowest BCUT2D eigenvalue weighted by atomic mass is 9.78. The maximum absolute atomic E-state index is 13.0. The van der Waals surface area contributed by atoms with E-state index in [0.717, 1.165) is 36.3 Å². The Kier molecular flexibility index (Phi) is 4.62. The van der Waals surface area contributed by atoms with Crippen LogP contribution >= 0.6 is 11.3 Å². The summed E-state index contributed by atoms with van der Waals surface area (Å²) >= 11 is 1.47. The van der Waals surface area contributed by atoms with Crippen LogP contribution in [0.2, 0.25) is 0 Å². The Hall–Kier alpha value is -3.07. The molecule has 154 valence electrons. The number of thiazole rings is 1. The van der Waals surface area contributed by atoms with Crippen LogP contribution in [0.1, 0.15) is 52.1 Å². The van der Waals surface area contributed by atoms with Gasteiger partial charge in [0.2, 0.25) is 16.8 Å². The number of benzene rings is 1. The fraction of sp³-hybridized carbons (Fsp3) is 0.381. The molecule has 0 bridgehead atoms. The predicted octanol–water partition coefficient (Wildman–Crippen LogP) is 3.14. The molecule has 2 aliphatic rings. The highest BCUT2D eigenvalue weighted by Crippen LogP contribution is 2.34. The lowest BCUT2D eigenvalue weighted by Gasteiger charge is -2.32. The number of aromatic nitrogens is 3. The van der Waals surface area contributed by atoms with E-state index in [0.29, 0.717) is 17.1 Å². The van der Waals surface area contributed by atoms with Gasteiger partial charge in [-0.25, -0.2) is 4.52 Å². The first-order chi connectivity index (χ1) is 14.5. The van der Waals surface area contributed by atoms with Crippen LogP contribution in [0.25, 0.3) is 4.96 Å². The Labute approximate surface area is 176 Å². The van der Waals surface area contributed by atoms with Gasteiger partial charge in [0.05, 0.1) is 16.8 Å². The van der Waals surface area contributed by atoms with Gasteiger partial charge in [-0.05, 0) is 37.8 Å². The van der Waals surface area contributed by atoms with Crippen LogP contribution in [0.5, 0.6) is 0 Å². The molecular formula is C21H21N5O3S. The van der Waals surface area contributed by atoms with Crippen molar-refractivity contribution in [3.05, 3.63) is 46.5 Å². The second kappa shape index (κ2) is 7.32. The molecule has 1 fully saturated rings. The molecule has 1 N–H and O–H groups in total. The second-order valence-corrected chi connectivity index (χ2v) is 8.75. The first kappa shape index (κ1) is 18.9. The minimum atomic E-state index is -0.286. The molecule has 2 unspecified atom stereocenters. The number of amides is 3. The summed E-state index contributed by atoms with van der Waals surface area (Å²) in [5, 5.41) is 9.16. The lowest BCUT2D eigenvalue weighted by Crippen LogP contribution is -2.41. The molecule has 3 amide bonds. The molecular weight excluding hydrogens is 402 g/mol. The molecule has 9 heteroatoms. The number of fused-ring (bicyclic) bond motifs is 2. The van der Waals surface area contributed by atoms with Crippen molar-refractivity contribution in [2.75, 3.05) is 11.9 Å². The van der Waals surface area contributed by atoms with Crippen molar-refractivity contribution in [2.24, 2.45) is 11.8 Å². The Morgan fingerprint density at radius 3 is 2.57 bits per heavy atom. The van der Waals surface area contributed by atoms with E-state index >= 15 is 0 Å². The Balaban J connectivity index is 1.32. The number of carbonyl (C=O) groups is 3. The number of hydrogen-bond donors (Lipinski definition) is 1. The summed E-state index contributed by atoms with van der Waals surface area (Å²) in [6.07, 6.45) is 3.45. The van der Waals surface area contributed by atoms with Crippen molar-refractivity contribution < 1.29 is 14.4 Å². The van der Waals surface area contributed by atoms with E-state index in [1.807, 2.05) is 12.3 Å². The van der Waals surface area contributed by atoms with Gasteiger partial charge in [-0.3, -0.25) is 24.6 Å². The maximum Gasteiger partial charge on any atom is 0.261 e. The third-order valence-electron chi connectivity index (χ3n) is 6.02. The number of imide groups is 1. The van der Waals surface area contributed by atoms with E-state index in [1.165, 1.54) is 16.2 Å². The second-order valence-electron chi connectivity index (χ2n) is 7.91. The van der Waals surface area contributed by atoms with E-state index in [9.17, 15) is 14.4 Å². The van der Waals surface area contributed by atoms with E-state index in [-0.39, 0.29) is 36.1 Å². The summed E-state index contributed by atoms with van der Waals surface area (Å²) in [7, 11) is 0. The zero-order valence-electron chi connectivity index (χ0n) is 16.5. The van der Waals surface area contributed by atoms with Crippen molar-refractivity contribution in [2.45, 2.75) is 32.6 Å².